The molecule has 1 heterocycles. The number of benzene rings is 1. The molecule has 4 N–H and O–H groups in total. The van der Waals surface area contributed by atoms with E-state index in [9.17, 15) is 0 Å². The summed E-state index contributed by atoms with van der Waals surface area (Å²) in [5, 5.41) is 3.86. The minimum Gasteiger partial charge on any atom is -0.339 e. The van der Waals surface area contributed by atoms with Gasteiger partial charge in [0.2, 0.25) is 0 Å². The van der Waals surface area contributed by atoms with Gasteiger partial charge in [0.15, 0.2) is 0 Å². The first-order valence-electron chi connectivity index (χ1n) is 6.49. The summed E-state index contributed by atoms with van der Waals surface area (Å²) < 4.78 is 0.933. The molecular formula is C14H17BrClN5. The predicted molar refractivity (Wildman–Crippen MR) is 91.1 cm³/mol. The highest BCUT2D eigenvalue weighted by Crippen LogP contribution is 2.31. The van der Waals surface area contributed by atoms with E-state index in [1.165, 1.54) is 0 Å². The molecule has 5 nitrogen and oxygen atoms in total. The fraction of sp³-hybridized carbons (Fsp3) is 0.286. The van der Waals surface area contributed by atoms with Crippen LogP contribution in [0.25, 0.3) is 0 Å². The molecule has 0 radical (unpaired) electrons. The van der Waals surface area contributed by atoms with Crippen LogP contribution in [0.5, 0.6) is 0 Å². The van der Waals surface area contributed by atoms with Crippen molar-refractivity contribution in [1.82, 2.24) is 9.97 Å². The van der Waals surface area contributed by atoms with E-state index in [1.807, 2.05) is 39.0 Å². The molecule has 1 aromatic carbocycles. The lowest BCUT2D eigenvalue weighted by molar-refractivity contribution is 0.774. The van der Waals surface area contributed by atoms with Crippen molar-refractivity contribution < 1.29 is 0 Å². The number of nitrogens with zero attached hydrogens (tertiary/aromatic N) is 2. The van der Waals surface area contributed by atoms with Gasteiger partial charge < -0.3 is 10.7 Å². The molecule has 0 aliphatic heterocycles. The third-order valence-electron chi connectivity index (χ3n) is 3.00. The van der Waals surface area contributed by atoms with Gasteiger partial charge in [-0.1, -0.05) is 41.4 Å². The van der Waals surface area contributed by atoms with Gasteiger partial charge in [0.05, 0.1) is 10.7 Å². The van der Waals surface area contributed by atoms with Crippen LogP contribution in [0, 0.1) is 6.92 Å². The summed E-state index contributed by atoms with van der Waals surface area (Å²) in [4.78, 5) is 8.96. The van der Waals surface area contributed by atoms with Gasteiger partial charge in [0, 0.05) is 16.0 Å². The van der Waals surface area contributed by atoms with Crippen LogP contribution < -0.4 is 16.6 Å². The lowest BCUT2D eigenvalue weighted by atomic mass is 10.2. The Bertz CT molecular complexity index is 660. The number of hydrogen-bond donors (Lipinski definition) is 3. The maximum atomic E-state index is 6.21. The molecule has 2 rings (SSSR count). The van der Waals surface area contributed by atoms with Gasteiger partial charge >= 0.3 is 0 Å². The van der Waals surface area contributed by atoms with E-state index >= 15 is 0 Å². The van der Waals surface area contributed by atoms with Crippen molar-refractivity contribution in [2.24, 2.45) is 5.84 Å². The Morgan fingerprint density at radius 3 is 2.52 bits per heavy atom. The summed E-state index contributed by atoms with van der Waals surface area (Å²) in [6.07, 6.45) is 0. The third-order valence-corrected chi connectivity index (χ3v) is 3.82. The molecule has 21 heavy (non-hydrogen) atoms. The number of nitrogen functional groups attached to an aromatic ring is 1. The van der Waals surface area contributed by atoms with Crippen LogP contribution in [-0.2, 0) is 0 Å². The van der Waals surface area contributed by atoms with Crippen molar-refractivity contribution in [2.75, 3.05) is 10.7 Å². The lowest BCUT2D eigenvalue weighted by Crippen LogP contribution is -2.14. The molecule has 0 saturated heterocycles. The van der Waals surface area contributed by atoms with Crippen LogP contribution in [0.4, 0.5) is 17.3 Å². The van der Waals surface area contributed by atoms with Crippen molar-refractivity contribution in [3.63, 3.8) is 0 Å². The second-order valence-electron chi connectivity index (χ2n) is 4.95. The highest BCUT2D eigenvalue weighted by atomic mass is 79.9. The van der Waals surface area contributed by atoms with Crippen molar-refractivity contribution >= 4 is 44.9 Å². The maximum Gasteiger partial charge on any atom is 0.148 e. The molecule has 112 valence electrons. The molecule has 0 fully saturated rings. The number of hydrazine groups is 1. The Labute approximate surface area is 137 Å². The quantitative estimate of drug-likeness (QED) is 0.551. The largest absolute Gasteiger partial charge is 0.339 e. The Hall–Kier alpha value is -1.37. The normalized spacial score (nSPS) is 10.8. The zero-order valence-electron chi connectivity index (χ0n) is 12.0. The van der Waals surface area contributed by atoms with Gasteiger partial charge in [-0.05, 0) is 25.1 Å². The number of aromatic nitrogens is 2. The van der Waals surface area contributed by atoms with Crippen molar-refractivity contribution in [3.05, 3.63) is 39.1 Å². The summed E-state index contributed by atoms with van der Waals surface area (Å²) in [6.45, 7) is 5.95. The first kappa shape index (κ1) is 16.0. The Kier molecular flexibility index (Phi) is 5.03. The van der Waals surface area contributed by atoms with Crippen molar-refractivity contribution in [2.45, 2.75) is 26.7 Å². The molecule has 0 amide bonds. The molecule has 2 aromatic rings. The van der Waals surface area contributed by atoms with Crippen LogP contribution >= 0.6 is 27.5 Å². The number of hydrogen-bond acceptors (Lipinski definition) is 5. The number of halogens is 2. The molecule has 0 spiro atoms. The van der Waals surface area contributed by atoms with Gasteiger partial charge in [-0.3, -0.25) is 0 Å². The molecule has 0 unspecified atom stereocenters. The first-order chi connectivity index (χ1) is 9.92. The average Bonchev–Trinajstić information content (AvgIpc) is 2.44. The Morgan fingerprint density at radius 1 is 1.24 bits per heavy atom. The van der Waals surface area contributed by atoms with Gasteiger partial charge in [-0.25, -0.2) is 15.8 Å². The molecule has 0 bridgehead atoms. The van der Waals surface area contributed by atoms with E-state index < -0.39 is 0 Å². The molecule has 0 aliphatic carbocycles. The molecule has 0 aliphatic rings. The lowest BCUT2D eigenvalue weighted by Gasteiger charge is -2.15. The fourth-order valence-electron chi connectivity index (χ4n) is 1.78. The zero-order chi connectivity index (χ0) is 15.6. The Morgan fingerprint density at radius 2 is 1.90 bits per heavy atom. The second-order valence-corrected chi connectivity index (χ2v) is 6.28. The predicted octanol–water partition coefficient (Wildman–Crippen LogP) is 4.35. The van der Waals surface area contributed by atoms with Crippen molar-refractivity contribution in [3.8, 4) is 0 Å². The molecule has 1 aromatic heterocycles. The standard InChI is InChI=1S/C14H17BrClN5/c1-7(2)12-19-13(8(3)14(20-12)21-17)18-11-6-9(15)4-5-10(11)16/h4-7H,17H2,1-3H3,(H2,18,19,20,21). The molecule has 7 heteroatoms. The van der Waals surface area contributed by atoms with E-state index in [4.69, 9.17) is 17.4 Å². The molecule has 0 saturated carbocycles. The van der Waals surface area contributed by atoms with E-state index in [0.29, 0.717) is 22.5 Å². The van der Waals surface area contributed by atoms with Gasteiger partial charge in [-0.2, -0.15) is 0 Å². The Balaban J connectivity index is 2.47. The molecule has 0 atom stereocenters. The number of rotatable bonds is 4. The summed E-state index contributed by atoms with van der Waals surface area (Å²) in [6, 6.07) is 5.59. The summed E-state index contributed by atoms with van der Waals surface area (Å²) in [5.41, 5.74) is 4.21. The monoisotopic (exact) mass is 369 g/mol. The SMILES string of the molecule is Cc1c(NN)nc(C(C)C)nc1Nc1cc(Br)ccc1Cl. The highest BCUT2D eigenvalue weighted by Gasteiger charge is 2.13. The smallest absolute Gasteiger partial charge is 0.148 e. The van der Waals surface area contributed by atoms with E-state index in [0.717, 1.165) is 15.7 Å². The summed E-state index contributed by atoms with van der Waals surface area (Å²) in [7, 11) is 0. The minimum atomic E-state index is 0.191. The zero-order valence-corrected chi connectivity index (χ0v) is 14.4. The number of anilines is 3. The van der Waals surface area contributed by atoms with Crippen LogP contribution in [0.15, 0.2) is 22.7 Å². The van der Waals surface area contributed by atoms with Crippen LogP contribution in [0.2, 0.25) is 5.02 Å². The van der Waals surface area contributed by atoms with E-state index in [-0.39, 0.29) is 5.92 Å². The van der Waals surface area contributed by atoms with E-state index in [2.05, 4.69) is 36.6 Å². The molecular weight excluding hydrogens is 354 g/mol. The topological polar surface area (TPSA) is 75.9 Å². The first-order valence-corrected chi connectivity index (χ1v) is 7.66. The van der Waals surface area contributed by atoms with Gasteiger partial charge in [-0.15, -0.1) is 0 Å². The minimum absolute atomic E-state index is 0.191. The van der Waals surface area contributed by atoms with E-state index in [1.54, 1.807) is 0 Å². The summed E-state index contributed by atoms with van der Waals surface area (Å²) in [5.74, 6) is 7.72. The maximum absolute atomic E-state index is 6.21. The van der Waals surface area contributed by atoms with Crippen molar-refractivity contribution in [1.29, 1.82) is 0 Å². The number of nitrogens with two attached hydrogens (primary N) is 1. The van der Waals surface area contributed by atoms with Crippen LogP contribution in [-0.4, -0.2) is 9.97 Å². The second kappa shape index (κ2) is 6.60. The fourth-order valence-corrected chi connectivity index (χ4v) is 2.30. The average molecular weight is 371 g/mol. The highest BCUT2D eigenvalue weighted by molar-refractivity contribution is 9.10. The van der Waals surface area contributed by atoms with Crippen LogP contribution in [0.1, 0.15) is 31.2 Å². The van der Waals surface area contributed by atoms with Gasteiger partial charge in [0.1, 0.15) is 17.5 Å². The summed E-state index contributed by atoms with van der Waals surface area (Å²) >= 11 is 9.64. The number of nitrogens with one attached hydrogen (secondary N) is 2. The van der Waals surface area contributed by atoms with Gasteiger partial charge in [0.25, 0.3) is 0 Å². The van der Waals surface area contributed by atoms with Crippen LogP contribution in [0.3, 0.4) is 0 Å². The third kappa shape index (κ3) is 3.64.